The van der Waals surface area contributed by atoms with Gasteiger partial charge in [0.2, 0.25) is 0 Å². The molecule has 0 bridgehead atoms. The van der Waals surface area contributed by atoms with Gasteiger partial charge in [-0.15, -0.1) is 5.10 Å². The van der Waals surface area contributed by atoms with Crippen molar-refractivity contribution in [2.45, 2.75) is 6.54 Å². The molecule has 0 aliphatic heterocycles. The van der Waals surface area contributed by atoms with Gasteiger partial charge in [-0.1, -0.05) is 33.3 Å². The first kappa shape index (κ1) is 15.5. The third kappa shape index (κ3) is 3.16. The first-order chi connectivity index (χ1) is 12.2. The molecule has 0 saturated carbocycles. The number of halogens is 1. The Hall–Kier alpha value is -3.00. The molecule has 0 atom stereocenters. The number of hydrogen-bond donors (Lipinski definition) is 2. The lowest BCUT2D eigenvalue weighted by molar-refractivity contribution is -0.121. The molecule has 4 rings (SSSR count). The zero-order chi connectivity index (χ0) is 17.2. The Morgan fingerprint density at radius 3 is 3.12 bits per heavy atom. The summed E-state index contributed by atoms with van der Waals surface area (Å²) in [4.78, 5) is 15.2. The van der Waals surface area contributed by atoms with E-state index in [1.54, 1.807) is 10.9 Å². The first-order valence-electron chi connectivity index (χ1n) is 7.57. The largest absolute Gasteiger partial charge is 0.361 e. The van der Waals surface area contributed by atoms with Gasteiger partial charge < -0.3 is 4.98 Å². The zero-order valence-corrected chi connectivity index (χ0v) is 14.6. The number of rotatable bonds is 4. The smallest absolute Gasteiger partial charge is 0.261 e. The summed E-state index contributed by atoms with van der Waals surface area (Å²) in [5.41, 5.74) is 5.98. The number of benzene rings is 2. The number of carbonyl (C=O) groups is 1. The monoisotopic (exact) mass is 396 g/mol. The molecule has 0 aliphatic rings. The molecule has 0 unspecified atom stereocenters. The van der Waals surface area contributed by atoms with Crippen LogP contribution in [0.5, 0.6) is 0 Å². The van der Waals surface area contributed by atoms with Crippen LogP contribution in [0.25, 0.3) is 21.9 Å². The van der Waals surface area contributed by atoms with E-state index in [9.17, 15) is 4.79 Å². The molecule has 124 valence electrons. The second kappa shape index (κ2) is 6.48. The van der Waals surface area contributed by atoms with Crippen LogP contribution in [-0.4, -0.2) is 32.1 Å². The predicted molar refractivity (Wildman–Crippen MR) is 99.3 cm³/mol. The molecule has 25 heavy (non-hydrogen) atoms. The van der Waals surface area contributed by atoms with Gasteiger partial charge in [0.1, 0.15) is 12.1 Å². The summed E-state index contributed by atoms with van der Waals surface area (Å²) in [6, 6.07) is 13.4. The van der Waals surface area contributed by atoms with E-state index >= 15 is 0 Å². The Kier molecular flexibility index (Phi) is 4.02. The highest BCUT2D eigenvalue weighted by Gasteiger charge is 2.08. The highest BCUT2D eigenvalue weighted by atomic mass is 79.9. The highest BCUT2D eigenvalue weighted by Crippen LogP contribution is 2.21. The Morgan fingerprint density at radius 1 is 1.32 bits per heavy atom. The zero-order valence-electron chi connectivity index (χ0n) is 13.0. The lowest BCUT2D eigenvalue weighted by atomic mass is 10.2. The number of H-pyrrole nitrogens is 1. The van der Waals surface area contributed by atoms with Crippen LogP contribution < -0.4 is 5.43 Å². The van der Waals surface area contributed by atoms with E-state index in [-0.39, 0.29) is 12.5 Å². The quantitative estimate of drug-likeness (QED) is 0.410. The van der Waals surface area contributed by atoms with E-state index in [1.165, 1.54) is 0 Å². The number of fused-ring (bicyclic) bond motifs is 2. The number of nitrogens with one attached hydrogen (secondary N) is 2. The summed E-state index contributed by atoms with van der Waals surface area (Å²) in [5.74, 6) is -0.270. The minimum atomic E-state index is -0.270. The molecule has 1 amide bonds. The normalized spacial score (nSPS) is 11.6. The SMILES string of the molecule is O=C(Cn1nnc2ccccc21)N/N=C/c1c[nH]c2ccc(Br)cc12. The summed E-state index contributed by atoms with van der Waals surface area (Å²) in [6.45, 7) is 0.0529. The van der Waals surface area contributed by atoms with Gasteiger partial charge in [0.05, 0.1) is 11.7 Å². The average molecular weight is 397 g/mol. The summed E-state index contributed by atoms with van der Waals surface area (Å²) in [6.07, 6.45) is 3.46. The van der Waals surface area contributed by atoms with Crippen molar-refractivity contribution < 1.29 is 4.79 Å². The Labute approximate surface area is 150 Å². The number of nitrogens with zero attached hydrogens (tertiary/aromatic N) is 4. The van der Waals surface area contributed by atoms with Gasteiger partial charge in [-0.05, 0) is 30.3 Å². The molecule has 2 N–H and O–H groups in total. The third-order valence-electron chi connectivity index (χ3n) is 3.78. The van der Waals surface area contributed by atoms with Gasteiger partial charge in [-0.2, -0.15) is 5.10 Å². The molecule has 7 nitrogen and oxygen atoms in total. The average Bonchev–Trinajstić information content (AvgIpc) is 3.20. The molecule has 8 heteroatoms. The number of carbonyl (C=O) groups excluding carboxylic acids is 1. The summed E-state index contributed by atoms with van der Waals surface area (Å²) in [7, 11) is 0. The predicted octanol–water partition coefficient (Wildman–Crippen LogP) is 2.83. The number of hydrogen-bond acceptors (Lipinski definition) is 4. The molecule has 2 heterocycles. The van der Waals surface area contributed by atoms with Crippen LogP contribution in [0.4, 0.5) is 0 Å². The van der Waals surface area contributed by atoms with Gasteiger partial charge >= 0.3 is 0 Å². The lowest BCUT2D eigenvalue weighted by Gasteiger charge is -2.00. The van der Waals surface area contributed by atoms with Crippen molar-refractivity contribution in [2.75, 3.05) is 0 Å². The molecule has 2 aromatic heterocycles. The summed E-state index contributed by atoms with van der Waals surface area (Å²) >= 11 is 3.45. The maximum Gasteiger partial charge on any atom is 0.261 e. The highest BCUT2D eigenvalue weighted by molar-refractivity contribution is 9.10. The Morgan fingerprint density at radius 2 is 2.20 bits per heavy atom. The lowest BCUT2D eigenvalue weighted by Crippen LogP contribution is -2.23. The van der Waals surface area contributed by atoms with Crippen molar-refractivity contribution in [3.05, 3.63) is 58.7 Å². The van der Waals surface area contributed by atoms with Crippen molar-refractivity contribution in [3.8, 4) is 0 Å². The number of amides is 1. The van der Waals surface area contributed by atoms with Crippen LogP contribution in [-0.2, 0) is 11.3 Å². The molecule has 0 aliphatic carbocycles. The summed E-state index contributed by atoms with van der Waals surface area (Å²) in [5, 5.41) is 13.1. The minimum Gasteiger partial charge on any atom is -0.361 e. The standard InChI is InChI=1S/C17H13BrN6O/c18-12-5-6-14-13(7-12)11(8-19-14)9-20-22-17(25)10-24-16-4-2-1-3-15(16)21-23-24/h1-9,19H,10H2,(H,22,25)/b20-9+. The number of para-hydroxylation sites is 1. The molecule has 0 fully saturated rings. The van der Waals surface area contributed by atoms with Crippen molar-refractivity contribution in [3.63, 3.8) is 0 Å². The second-order valence-electron chi connectivity index (χ2n) is 5.46. The van der Waals surface area contributed by atoms with Gasteiger partial charge in [-0.25, -0.2) is 10.1 Å². The van der Waals surface area contributed by atoms with Crippen LogP contribution in [0.1, 0.15) is 5.56 Å². The van der Waals surface area contributed by atoms with Crippen molar-refractivity contribution >= 4 is 50.0 Å². The molecular formula is C17H13BrN6O. The van der Waals surface area contributed by atoms with E-state index in [4.69, 9.17) is 0 Å². The van der Waals surface area contributed by atoms with E-state index in [2.05, 4.69) is 41.8 Å². The number of aromatic amines is 1. The van der Waals surface area contributed by atoms with Crippen molar-refractivity contribution in [1.29, 1.82) is 0 Å². The topological polar surface area (TPSA) is 88.0 Å². The van der Waals surface area contributed by atoms with Gasteiger partial charge in [0, 0.05) is 27.1 Å². The van der Waals surface area contributed by atoms with Crippen LogP contribution in [0.15, 0.2) is 58.2 Å². The maximum atomic E-state index is 12.1. The van der Waals surface area contributed by atoms with E-state index < -0.39 is 0 Å². The second-order valence-corrected chi connectivity index (χ2v) is 6.38. The molecule has 4 aromatic rings. The van der Waals surface area contributed by atoms with Crippen molar-refractivity contribution in [1.82, 2.24) is 25.4 Å². The first-order valence-corrected chi connectivity index (χ1v) is 8.37. The minimum absolute atomic E-state index is 0.0529. The molecular weight excluding hydrogens is 384 g/mol. The summed E-state index contributed by atoms with van der Waals surface area (Å²) < 4.78 is 2.53. The Balaban J connectivity index is 1.46. The number of aromatic nitrogens is 4. The fourth-order valence-corrected chi connectivity index (χ4v) is 2.96. The van der Waals surface area contributed by atoms with Gasteiger partial charge in [0.15, 0.2) is 0 Å². The van der Waals surface area contributed by atoms with Crippen LogP contribution in [0.2, 0.25) is 0 Å². The molecule has 0 spiro atoms. The van der Waals surface area contributed by atoms with Gasteiger partial charge in [0.25, 0.3) is 5.91 Å². The van der Waals surface area contributed by atoms with Crippen molar-refractivity contribution in [2.24, 2.45) is 5.10 Å². The number of hydrazone groups is 1. The van der Waals surface area contributed by atoms with Crippen LogP contribution in [0.3, 0.4) is 0 Å². The third-order valence-corrected chi connectivity index (χ3v) is 4.28. The molecule has 0 radical (unpaired) electrons. The van der Waals surface area contributed by atoms with E-state index in [0.29, 0.717) is 0 Å². The van der Waals surface area contributed by atoms with Crippen LogP contribution in [0, 0.1) is 0 Å². The Bertz CT molecular complexity index is 1100. The van der Waals surface area contributed by atoms with E-state index in [1.807, 2.05) is 48.7 Å². The van der Waals surface area contributed by atoms with E-state index in [0.717, 1.165) is 32.0 Å². The molecule has 0 saturated heterocycles. The molecule has 2 aromatic carbocycles. The maximum absolute atomic E-state index is 12.1. The fourth-order valence-electron chi connectivity index (χ4n) is 2.60. The van der Waals surface area contributed by atoms with Crippen LogP contribution >= 0.6 is 15.9 Å². The fraction of sp³-hybridized carbons (Fsp3) is 0.0588. The van der Waals surface area contributed by atoms with Gasteiger partial charge in [-0.3, -0.25) is 4.79 Å².